The zero-order valence-corrected chi connectivity index (χ0v) is 18.7. The van der Waals surface area contributed by atoms with Gasteiger partial charge in [-0.05, 0) is 30.7 Å². The van der Waals surface area contributed by atoms with Gasteiger partial charge in [0, 0.05) is 18.5 Å². The molecule has 2 aromatic rings. The number of nitrogens with two attached hydrogens (primary N) is 1. The molecule has 0 saturated heterocycles. The number of fused-ring (bicyclic) bond motifs is 1. The quantitative estimate of drug-likeness (QED) is 0.303. The zero-order chi connectivity index (χ0) is 19.8. The standard InChI is InChI=1S/C21H26N4O3.HI/c1-2-23-21(25-18-10-11-27-19-9-4-3-8-17(18)19)24-13-15-6-5-7-16(12-15)28-14-20(22)26;/h3-9,12,18H,2,10-11,13-14H2,1H3,(H2,22,26)(H2,23,24,25);1H. The number of hydrogen-bond acceptors (Lipinski definition) is 4. The fraction of sp³-hybridized carbons (Fsp3) is 0.333. The van der Waals surface area contributed by atoms with Crippen molar-refractivity contribution < 1.29 is 14.3 Å². The number of primary amides is 1. The second kappa shape index (κ2) is 11.5. The van der Waals surface area contributed by atoms with Gasteiger partial charge in [0.05, 0.1) is 19.2 Å². The van der Waals surface area contributed by atoms with Gasteiger partial charge in [0.1, 0.15) is 11.5 Å². The summed E-state index contributed by atoms with van der Waals surface area (Å²) in [4.78, 5) is 15.6. The number of benzene rings is 2. The van der Waals surface area contributed by atoms with Crippen LogP contribution in [0.5, 0.6) is 11.5 Å². The van der Waals surface area contributed by atoms with E-state index >= 15 is 0 Å². The maximum atomic E-state index is 10.9. The first-order chi connectivity index (χ1) is 13.7. The largest absolute Gasteiger partial charge is 0.493 e. The zero-order valence-electron chi connectivity index (χ0n) is 16.4. The Balaban J connectivity index is 0.00000300. The molecule has 0 spiro atoms. The second-order valence-corrected chi connectivity index (χ2v) is 6.47. The highest BCUT2D eigenvalue weighted by atomic mass is 127. The van der Waals surface area contributed by atoms with Gasteiger partial charge in [0.2, 0.25) is 0 Å². The molecule has 0 aliphatic carbocycles. The Morgan fingerprint density at radius 3 is 2.90 bits per heavy atom. The van der Waals surface area contributed by atoms with Crippen LogP contribution in [0.25, 0.3) is 0 Å². The van der Waals surface area contributed by atoms with Crippen molar-refractivity contribution in [3.63, 3.8) is 0 Å². The number of guanidine groups is 1. The molecule has 0 fully saturated rings. The summed E-state index contributed by atoms with van der Waals surface area (Å²) in [6, 6.07) is 15.7. The van der Waals surface area contributed by atoms with Crippen LogP contribution in [0.15, 0.2) is 53.5 Å². The van der Waals surface area contributed by atoms with Gasteiger partial charge in [0.25, 0.3) is 5.91 Å². The topological polar surface area (TPSA) is 98.0 Å². The minimum atomic E-state index is -0.501. The molecule has 0 radical (unpaired) electrons. The van der Waals surface area contributed by atoms with Crippen LogP contribution in [0.2, 0.25) is 0 Å². The van der Waals surface area contributed by atoms with Crippen molar-refractivity contribution in [1.29, 1.82) is 0 Å². The van der Waals surface area contributed by atoms with Gasteiger partial charge in [-0.1, -0.05) is 30.3 Å². The highest BCUT2D eigenvalue weighted by molar-refractivity contribution is 14.0. The van der Waals surface area contributed by atoms with Gasteiger partial charge < -0.3 is 25.8 Å². The van der Waals surface area contributed by atoms with Gasteiger partial charge in [-0.2, -0.15) is 0 Å². The first-order valence-corrected chi connectivity index (χ1v) is 9.42. The van der Waals surface area contributed by atoms with Crippen LogP contribution in [0, 0.1) is 0 Å². The maximum absolute atomic E-state index is 10.9. The summed E-state index contributed by atoms with van der Waals surface area (Å²) in [5.74, 6) is 1.76. The minimum absolute atomic E-state index is 0. The number of ether oxygens (including phenoxy) is 2. The van der Waals surface area contributed by atoms with Crippen LogP contribution in [0.4, 0.5) is 0 Å². The van der Waals surface area contributed by atoms with Crippen molar-refractivity contribution in [2.24, 2.45) is 10.7 Å². The predicted molar refractivity (Wildman–Crippen MR) is 124 cm³/mol. The Kier molecular flexibility index (Phi) is 9.04. The summed E-state index contributed by atoms with van der Waals surface area (Å²) >= 11 is 0. The smallest absolute Gasteiger partial charge is 0.255 e. The molecule has 8 heteroatoms. The first kappa shape index (κ1) is 22.8. The molecule has 29 heavy (non-hydrogen) atoms. The molecule has 156 valence electrons. The van der Waals surface area contributed by atoms with Crippen LogP contribution in [-0.4, -0.2) is 31.6 Å². The summed E-state index contributed by atoms with van der Waals surface area (Å²) in [5.41, 5.74) is 7.24. The van der Waals surface area contributed by atoms with Crippen molar-refractivity contribution in [2.45, 2.75) is 25.9 Å². The molecule has 3 rings (SSSR count). The summed E-state index contributed by atoms with van der Waals surface area (Å²) in [6.45, 7) is 3.81. The monoisotopic (exact) mass is 510 g/mol. The molecule has 1 atom stereocenters. The highest BCUT2D eigenvalue weighted by Gasteiger charge is 2.21. The SMILES string of the molecule is CCNC(=NCc1cccc(OCC(N)=O)c1)NC1CCOc2ccccc21.I. The van der Waals surface area contributed by atoms with E-state index in [0.717, 1.165) is 35.8 Å². The lowest BCUT2D eigenvalue weighted by atomic mass is 10.0. The lowest BCUT2D eigenvalue weighted by Gasteiger charge is -2.28. The third kappa shape index (κ3) is 6.81. The molecule has 1 heterocycles. The third-order valence-electron chi connectivity index (χ3n) is 4.31. The summed E-state index contributed by atoms with van der Waals surface area (Å²) in [6.07, 6.45) is 0.873. The van der Waals surface area contributed by atoms with E-state index in [1.54, 1.807) is 6.07 Å². The Bertz CT molecular complexity index is 844. The summed E-state index contributed by atoms with van der Waals surface area (Å²) in [5, 5.41) is 6.80. The Morgan fingerprint density at radius 2 is 2.10 bits per heavy atom. The number of nitrogens with zero attached hydrogens (tertiary/aromatic N) is 1. The normalized spacial score (nSPS) is 15.3. The van der Waals surface area contributed by atoms with E-state index in [4.69, 9.17) is 20.2 Å². The Hall–Kier alpha value is -2.49. The van der Waals surface area contributed by atoms with Crippen LogP contribution >= 0.6 is 24.0 Å². The number of carbonyl (C=O) groups excluding carboxylic acids is 1. The van der Waals surface area contributed by atoms with Crippen molar-refractivity contribution in [2.75, 3.05) is 19.8 Å². The summed E-state index contributed by atoms with van der Waals surface area (Å²) in [7, 11) is 0. The van der Waals surface area contributed by atoms with Crippen molar-refractivity contribution in [1.82, 2.24) is 10.6 Å². The molecule has 0 aromatic heterocycles. The molecule has 1 aliphatic rings. The highest BCUT2D eigenvalue weighted by Crippen LogP contribution is 2.31. The predicted octanol–water partition coefficient (Wildman–Crippen LogP) is 2.75. The van der Waals surface area contributed by atoms with E-state index in [1.807, 2.05) is 43.3 Å². The molecular weight excluding hydrogens is 483 g/mol. The average Bonchev–Trinajstić information content (AvgIpc) is 2.71. The molecular formula is C21H27IN4O3. The molecule has 1 unspecified atom stereocenters. The lowest BCUT2D eigenvalue weighted by molar-refractivity contribution is -0.119. The number of halogens is 1. The van der Waals surface area contributed by atoms with E-state index in [-0.39, 0.29) is 36.6 Å². The minimum Gasteiger partial charge on any atom is -0.493 e. The molecule has 0 saturated carbocycles. The first-order valence-electron chi connectivity index (χ1n) is 9.42. The number of rotatable bonds is 7. The number of carbonyl (C=O) groups is 1. The van der Waals surface area contributed by atoms with E-state index in [9.17, 15) is 4.79 Å². The third-order valence-corrected chi connectivity index (χ3v) is 4.31. The number of nitrogens with one attached hydrogen (secondary N) is 2. The van der Waals surface area contributed by atoms with E-state index in [2.05, 4.69) is 16.7 Å². The molecule has 2 aromatic carbocycles. The Labute approximate surface area is 188 Å². The van der Waals surface area contributed by atoms with E-state index in [1.165, 1.54) is 0 Å². The molecule has 0 bridgehead atoms. The number of amides is 1. The van der Waals surface area contributed by atoms with Crippen molar-refractivity contribution >= 4 is 35.8 Å². The van der Waals surface area contributed by atoms with Crippen molar-refractivity contribution in [3.8, 4) is 11.5 Å². The maximum Gasteiger partial charge on any atom is 0.255 e. The number of hydrogen-bond donors (Lipinski definition) is 3. The number of para-hydroxylation sites is 1. The molecule has 1 aliphatic heterocycles. The molecule has 4 N–H and O–H groups in total. The average molecular weight is 510 g/mol. The van der Waals surface area contributed by atoms with Crippen LogP contribution in [0.1, 0.15) is 30.5 Å². The van der Waals surface area contributed by atoms with Gasteiger partial charge >= 0.3 is 0 Å². The van der Waals surface area contributed by atoms with Gasteiger partial charge in [-0.15, -0.1) is 24.0 Å². The van der Waals surface area contributed by atoms with Crippen LogP contribution in [-0.2, 0) is 11.3 Å². The van der Waals surface area contributed by atoms with Gasteiger partial charge in [0.15, 0.2) is 12.6 Å². The van der Waals surface area contributed by atoms with Crippen molar-refractivity contribution in [3.05, 3.63) is 59.7 Å². The molecule has 7 nitrogen and oxygen atoms in total. The fourth-order valence-electron chi connectivity index (χ4n) is 3.04. The van der Waals surface area contributed by atoms with Crippen LogP contribution < -0.4 is 25.8 Å². The fourth-order valence-corrected chi connectivity index (χ4v) is 3.04. The lowest BCUT2D eigenvalue weighted by Crippen LogP contribution is -2.41. The second-order valence-electron chi connectivity index (χ2n) is 6.47. The van der Waals surface area contributed by atoms with Crippen LogP contribution in [0.3, 0.4) is 0 Å². The number of aliphatic imine (C=N–C) groups is 1. The molecule has 1 amide bonds. The van der Waals surface area contributed by atoms with Gasteiger partial charge in [-0.3, -0.25) is 4.79 Å². The van der Waals surface area contributed by atoms with E-state index < -0.39 is 5.91 Å². The Morgan fingerprint density at radius 1 is 1.28 bits per heavy atom. The summed E-state index contributed by atoms with van der Waals surface area (Å²) < 4.78 is 11.1. The van der Waals surface area contributed by atoms with Gasteiger partial charge in [-0.25, -0.2) is 4.99 Å². The van der Waals surface area contributed by atoms with E-state index in [0.29, 0.717) is 18.9 Å².